The Balaban J connectivity index is 1.65. The minimum Gasteiger partial charge on any atom is -0.354 e. The van der Waals surface area contributed by atoms with E-state index in [2.05, 4.69) is 53.6 Å². The van der Waals surface area contributed by atoms with Crippen molar-refractivity contribution in [3.63, 3.8) is 0 Å². The Morgan fingerprint density at radius 1 is 1.22 bits per heavy atom. The molecule has 23 heavy (non-hydrogen) atoms. The maximum absolute atomic E-state index is 12.4. The largest absolute Gasteiger partial charge is 0.354 e. The van der Waals surface area contributed by atoms with Gasteiger partial charge in [0.2, 0.25) is 5.91 Å². The van der Waals surface area contributed by atoms with E-state index >= 15 is 0 Å². The van der Waals surface area contributed by atoms with Crippen LogP contribution in [-0.4, -0.2) is 50.1 Å². The fourth-order valence-electron chi connectivity index (χ4n) is 2.99. The molecule has 1 heterocycles. The van der Waals surface area contributed by atoms with Crippen LogP contribution in [0.15, 0.2) is 30.3 Å². The summed E-state index contributed by atoms with van der Waals surface area (Å²) in [5.41, 5.74) is 1.06. The van der Waals surface area contributed by atoms with Crippen molar-refractivity contribution in [3.05, 3.63) is 35.9 Å². The Bertz CT molecular complexity index is 467. The molecule has 4 heteroatoms. The summed E-state index contributed by atoms with van der Waals surface area (Å²) in [4.78, 5) is 14.8. The van der Waals surface area contributed by atoms with E-state index in [-0.39, 0.29) is 11.3 Å². The molecular weight excluding hydrogens is 286 g/mol. The quantitative estimate of drug-likeness (QED) is 0.771. The average molecular weight is 317 g/mol. The maximum Gasteiger partial charge on any atom is 0.225 e. The fourth-order valence-corrected chi connectivity index (χ4v) is 2.99. The second kappa shape index (κ2) is 9.04. The number of carbonyl (C=O) groups is 1. The normalized spacial score (nSPS) is 16.3. The van der Waals surface area contributed by atoms with Crippen molar-refractivity contribution in [3.8, 4) is 0 Å². The van der Waals surface area contributed by atoms with Crippen LogP contribution < -0.4 is 10.6 Å². The summed E-state index contributed by atoms with van der Waals surface area (Å²) in [5.74, 6) is 0.181. The molecule has 0 saturated carbocycles. The summed E-state index contributed by atoms with van der Waals surface area (Å²) in [6.07, 6.45) is 3.00. The molecule has 2 N–H and O–H groups in total. The van der Waals surface area contributed by atoms with Gasteiger partial charge in [-0.3, -0.25) is 9.69 Å². The molecule has 1 saturated heterocycles. The highest BCUT2D eigenvalue weighted by atomic mass is 16.2. The van der Waals surface area contributed by atoms with E-state index in [0.717, 1.165) is 58.5 Å². The van der Waals surface area contributed by atoms with Crippen LogP contribution in [0.25, 0.3) is 0 Å². The predicted molar refractivity (Wildman–Crippen MR) is 95.5 cm³/mol. The summed E-state index contributed by atoms with van der Waals surface area (Å²) in [6, 6.07) is 10.5. The van der Waals surface area contributed by atoms with Gasteiger partial charge < -0.3 is 10.6 Å². The molecule has 1 aliphatic rings. The second-order valence-electron chi connectivity index (χ2n) is 7.07. The van der Waals surface area contributed by atoms with Gasteiger partial charge in [0.05, 0.1) is 0 Å². The molecule has 2 rings (SSSR count). The Morgan fingerprint density at radius 3 is 2.61 bits per heavy atom. The fraction of sp³-hybridized carbons (Fsp3) is 0.632. The van der Waals surface area contributed by atoms with E-state index in [0.29, 0.717) is 0 Å². The van der Waals surface area contributed by atoms with E-state index < -0.39 is 0 Å². The lowest BCUT2D eigenvalue weighted by atomic mass is 9.85. The molecule has 4 nitrogen and oxygen atoms in total. The van der Waals surface area contributed by atoms with Crippen LogP contribution in [0.1, 0.15) is 32.3 Å². The molecule has 0 unspecified atom stereocenters. The lowest BCUT2D eigenvalue weighted by Crippen LogP contribution is -2.47. The first-order valence-electron chi connectivity index (χ1n) is 8.83. The SMILES string of the molecule is CC(C)(CCCc1ccccc1)C(=O)NCCN1CCNCC1. The van der Waals surface area contributed by atoms with Crippen molar-refractivity contribution in [2.75, 3.05) is 39.3 Å². The van der Waals surface area contributed by atoms with Gasteiger partial charge >= 0.3 is 0 Å². The first kappa shape index (κ1) is 18.0. The number of nitrogens with one attached hydrogen (secondary N) is 2. The summed E-state index contributed by atoms with van der Waals surface area (Å²) >= 11 is 0. The molecule has 0 aliphatic carbocycles. The molecule has 1 aromatic rings. The number of benzene rings is 1. The topological polar surface area (TPSA) is 44.4 Å². The van der Waals surface area contributed by atoms with Gasteiger partial charge in [0.25, 0.3) is 0 Å². The third-order valence-electron chi connectivity index (χ3n) is 4.65. The number of nitrogens with zero attached hydrogens (tertiary/aromatic N) is 1. The summed E-state index contributed by atoms with van der Waals surface area (Å²) in [5, 5.41) is 6.46. The number of carbonyl (C=O) groups excluding carboxylic acids is 1. The predicted octanol–water partition coefficient (Wildman–Crippen LogP) is 2.06. The van der Waals surface area contributed by atoms with Crippen LogP contribution in [0.5, 0.6) is 0 Å². The van der Waals surface area contributed by atoms with Crippen molar-refractivity contribution in [1.29, 1.82) is 0 Å². The minimum atomic E-state index is -0.293. The van der Waals surface area contributed by atoms with Gasteiger partial charge in [-0.25, -0.2) is 0 Å². The van der Waals surface area contributed by atoms with Crippen molar-refractivity contribution in [2.45, 2.75) is 33.1 Å². The van der Waals surface area contributed by atoms with E-state index in [1.807, 2.05) is 6.07 Å². The first-order chi connectivity index (χ1) is 11.1. The summed E-state index contributed by atoms with van der Waals surface area (Å²) < 4.78 is 0. The minimum absolute atomic E-state index is 0.181. The highest BCUT2D eigenvalue weighted by Crippen LogP contribution is 2.23. The third kappa shape index (κ3) is 6.32. The zero-order valence-electron chi connectivity index (χ0n) is 14.6. The van der Waals surface area contributed by atoms with E-state index in [1.54, 1.807) is 0 Å². The van der Waals surface area contributed by atoms with E-state index in [1.165, 1.54) is 5.56 Å². The molecule has 1 fully saturated rings. The zero-order chi connectivity index (χ0) is 16.5. The monoisotopic (exact) mass is 317 g/mol. The van der Waals surface area contributed by atoms with Crippen molar-refractivity contribution in [1.82, 2.24) is 15.5 Å². The maximum atomic E-state index is 12.4. The number of aryl methyl sites for hydroxylation is 1. The smallest absolute Gasteiger partial charge is 0.225 e. The van der Waals surface area contributed by atoms with Crippen LogP contribution in [-0.2, 0) is 11.2 Å². The Labute approximate surface area is 140 Å². The van der Waals surface area contributed by atoms with Crippen LogP contribution in [0.2, 0.25) is 0 Å². The van der Waals surface area contributed by atoms with Crippen molar-refractivity contribution in [2.24, 2.45) is 5.41 Å². The molecule has 0 spiro atoms. The molecule has 0 radical (unpaired) electrons. The standard InChI is InChI=1S/C19H31N3O/c1-19(2,10-6-9-17-7-4-3-5-8-17)18(23)21-13-16-22-14-11-20-12-15-22/h3-5,7-8,20H,6,9-16H2,1-2H3,(H,21,23). The number of amides is 1. The molecule has 1 amide bonds. The van der Waals surface area contributed by atoms with Gasteiger partial charge in [-0.05, 0) is 24.8 Å². The number of hydrogen-bond acceptors (Lipinski definition) is 3. The van der Waals surface area contributed by atoms with Crippen LogP contribution >= 0.6 is 0 Å². The van der Waals surface area contributed by atoms with Gasteiger partial charge in [-0.2, -0.15) is 0 Å². The molecule has 1 aliphatic heterocycles. The van der Waals surface area contributed by atoms with Crippen LogP contribution in [0, 0.1) is 5.41 Å². The van der Waals surface area contributed by atoms with Gasteiger partial charge in [-0.15, -0.1) is 0 Å². The molecule has 0 aromatic heterocycles. The lowest BCUT2D eigenvalue weighted by molar-refractivity contribution is -0.129. The summed E-state index contributed by atoms with van der Waals surface area (Å²) in [6.45, 7) is 10.1. The van der Waals surface area contributed by atoms with Crippen molar-refractivity contribution >= 4 is 5.91 Å². The third-order valence-corrected chi connectivity index (χ3v) is 4.65. The van der Waals surface area contributed by atoms with Gasteiger partial charge in [0, 0.05) is 44.7 Å². The van der Waals surface area contributed by atoms with Crippen LogP contribution in [0.4, 0.5) is 0 Å². The number of rotatable bonds is 8. The van der Waals surface area contributed by atoms with E-state index in [4.69, 9.17) is 0 Å². The molecule has 1 aromatic carbocycles. The summed E-state index contributed by atoms with van der Waals surface area (Å²) in [7, 11) is 0. The Morgan fingerprint density at radius 2 is 1.91 bits per heavy atom. The molecule has 0 bridgehead atoms. The van der Waals surface area contributed by atoms with Gasteiger partial charge in [-0.1, -0.05) is 44.2 Å². The Hall–Kier alpha value is -1.39. The molecule has 128 valence electrons. The zero-order valence-corrected chi connectivity index (χ0v) is 14.6. The van der Waals surface area contributed by atoms with Gasteiger partial charge in [0.15, 0.2) is 0 Å². The lowest BCUT2D eigenvalue weighted by Gasteiger charge is -2.28. The van der Waals surface area contributed by atoms with Crippen molar-refractivity contribution < 1.29 is 4.79 Å². The first-order valence-corrected chi connectivity index (χ1v) is 8.83. The van der Waals surface area contributed by atoms with Gasteiger partial charge in [0.1, 0.15) is 0 Å². The average Bonchev–Trinajstić information content (AvgIpc) is 2.56. The molecule has 0 atom stereocenters. The Kier molecular flexibility index (Phi) is 7.06. The highest BCUT2D eigenvalue weighted by Gasteiger charge is 2.26. The molecular formula is C19H31N3O. The van der Waals surface area contributed by atoms with Crippen LogP contribution in [0.3, 0.4) is 0 Å². The van der Waals surface area contributed by atoms with E-state index in [9.17, 15) is 4.79 Å². The second-order valence-corrected chi connectivity index (χ2v) is 7.07. The number of piperazine rings is 1. The highest BCUT2D eigenvalue weighted by molar-refractivity contribution is 5.81. The number of hydrogen-bond donors (Lipinski definition) is 2.